The average Bonchev–Trinajstić information content (AvgIpc) is 2.41. The first-order chi connectivity index (χ1) is 8.77. The van der Waals surface area contributed by atoms with Crippen molar-refractivity contribution in [1.29, 1.82) is 0 Å². The Morgan fingerprint density at radius 1 is 0.778 bits per heavy atom. The van der Waals surface area contributed by atoms with Gasteiger partial charge in [-0.1, -0.05) is 74.5 Å². The fourth-order valence-corrected chi connectivity index (χ4v) is 2.55. The molecule has 0 aliphatic rings. The van der Waals surface area contributed by atoms with Crippen LogP contribution >= 0.6 is 0 Å². The lowest BCUT2D eigenvalue weighted by molar-refractivity contribution is 0.468. The Labute approximate surface area is 111 Å². The molecule has 0 saturated heterocycles. The van der Waals surface area contributed by atoms with Crippen LogP contribution in [0.4, 0.5) is 0 Å². The molecule has 0 saturated carbocycles. The van der Waals surface area contributed by atoms with Crippen molar-refractivity contribution < 1.29 is 0 Å². The van der Waals surface area contributed by atoms with Crippen LogP contribution in [-0.2, 0) is 6.42 Å². The number of rotatable bonds is 5. The molecular weight excluding hydrogens is 216 g/mol. The normalized spacial score (nSPS) is 12.6. The summed E-state index contributed by atoms with van der Waals surface area (Å²) in [5, 5.41) is 0. The topological polar surface area (TPSA) is 0 Å². The van der Waals surface area contributed by atoms with Crippen LogP contribution in [0.2, 0.25) is 0 Å². The van der Waals surface area contributed by atoms with E-state index in [9.17, 15) is 0 Å². The molecule has 0 radical (unpaired) electrons. The third-order valence-corrected chi connectivity index (χ3v) is 3.62. The van der Waals surface area contributed by atoms with Crippen LogP contribution in [0.5, 0.6) is 0 Å². The second kappa shape index (κ2) is 6.39. The van der Waals surface area contributed by atoms with Gasteiger partial charge in [-0.3, -0.25) is 0 Å². The maximum atomic E-state index is 2.32. The first-order valence-corrected chi connectivity index (χ1v) is 6.86. The highest BCUT2D eigenvalue weighted by Gasteiger charge is 2.15. The highest BCUT2D eigenvalue weighted by atomic mass is 14.2. The van der Waals surface area contributed by atoms with E-state index in [2.05, 4.69) is 74.5 Å². The first kappa shape index (κ1) is 12.9. The molecule has 2 aromatic carbocycles. The van der Waals surface area contributed by atoms with Gasteiger partial charge in [0.15, 0.2) is 0 Å². The van der Waals surface area contributed by atoms with Crippen molar-refractivity contribution in [3.8, 4) is 0 Å². The van der Waals surface area contributed by atoms with Crippen LogP contribution in [0.3, 0.4) is 0 Å². The lowest BCUT2D eigenvalue weighted by Gasteiger charge is -2.21. The third-order valence-electron chi connectivity index (χ3n) is 3.62. The number of hydrogen-bond acceptors (Lipinski definition) is 0. The number of hydrogen-bond donors (Lipinski definition) is 0. The molecule has 0 aliphatic carbocycles. The summed E-state index contributed by atoms with van der Waals surface area (Å²) in [5.41, 5.74) is 2.92. The van der Waals surface area contributed by atoms with Gasteiger partial charge in [0.05, 0.1) is 0 Å². The summed E-state index contributed by atoms with van der Waals surface area (Å²) in [6.45, 7) is 4.64. The van der Waals surface area contributed by atoms with E-state index < -0.39 is 0 Å². The summed E-state index contributed by atoms with van der Waals surface area (Å²) in [6.07, 6.45) is 2.39. The predicted octanol–water partition coefficient (Wildman–Crippen LogP) is 5.06. The maximum Gasteiger partial charge on any atom is -0.0136 e. The van der Waals surface area contributed by atoms with Crippen molar-refractivity contribution >= 4 is 0 Å². The highest BCUT2D eigenvalue weighted by molar-refractivity contribution is 5.21. The SMILES string of the molecule is CC(C)C(CCc1ccccc1)c1ccccc1. The molecular formula is C18H22. The van der Waals surface area contributed by atoms with Crippen molar-refractivity contribution in [2.75, 3.05) is 0 Å². The summed E-state index contributed by atoms with van der Waals surface area (Å²) in [5.74, 6) is 1.35. The Kier molecular flexibility index (Phi) is 4.58. The summed E-state index contributed by atoms with van der Waals surface area (Å²) < 4.78 is 0. The van der Waals surface area contributed by atoms with Crippen molar-refractivity contribution in [2.24, 2.45) is 5.92 Å². The minimum atomic E-state index is 0.659. The molecule has 0 aromatic heterocycles. The summed E-state index contributed by atoms with van der Waals surface area (Å²) in [4.78, 5) is 0. The Balaban J connectivity index is 2.04. The van der Waals surface area contributed by atoms with Gasteiger partial charge in [-0.2, -0.15) is 0 Å². The van der Waals surface area contributed by atoms with Crippen LogP contribution in [0, 0.1) is 5.92 Å². The second-order valence-electron chi connectivity index (χ2n) is 5.29. The van der Waals surface area contributed by atoms with E-state index in [4.69, 9.17) is 0 Å². The largest absolute Gasteiger partial charge is 0.0622 e. The molecule has 94 valence electrons. The van der Waals surface area contributed by atoms with Crippen LogP contribution in [0.15, 0.2) is 60.7 Å². The summed E-state index contributed by atoms with van der Waals surface area (Å²) in [6, 6.07) is 21.7. The van der Waals surface area contributed by atoms with Gasteiger partial charge in [0, 0.05) is 0 Å². The van der Waals surface area contributed by atoms with E-state index in [0.717, 1.165) is 0 Å². The van der Waals surface area contributed by atoms with Gasteiger partial charge in [0.25, 0.3) is 0 Å². The molecule has 0 bridgehead atoms. The van der Waals surface area contributed by atoms with Crippen LogP contribution < -0.4 is 0 Å². The zero-order chi connectivity index (χ0) is 12.8. The molecule has 2 rings (SSSR count). The van der Waals surface area contributed by atoms with Gasteiger partial charge >= 0.3 is 0 Å². The van der Waals surface area contributed by atoms with Gasteiger partial charge in [-0.05, 0) is 35.8 Å². The third kappa shape index (κ3) is 3.46. The van der Waals surface area contributed by atoms with Gasteiger partial charge in [0.2, 0.25) is 0 Å². The highest BCUT2D eigenvalue weighted by Crippen LogP contribution is 2.29. The zero-order valence-electron chi connectivity index (χ0n) is 11.3. The molecule has 0 aliphatic heterocycles. The predicted molar refractivity (Wildman–Crippen MR) is 78.8 cm³/mol. The van der Waals surface area contributed by atoms with Gasteiger partial charge in [0.1, 0.15) is 0 Å². The van der Waals surface area contributed by atoms with Gasteiger partial charge in [-0.25, -0.2) is 0 Å². The molecule has 1 unspecified atom stereocenters. The quantitative estimate of drug-likeness (QED) is 0.683. The van der Waals surface area contributed by atoms with Crippen molar-refractivity contribution in [3.63, 3.8) is 0 Å². The number of aryl methyl sites for hydroxylation is 1. The van der Waals surface area contributed by atoms with Crippen molar-refractivity contribution in [3.05, 3.63) is 71.8 Å². The molecule has 0 amide bonds. The van der Waals surface area contributed by atoms with E-state index in [1.165, 1.54) is 24.0 Å². The summed E-state index contributed by atoms with van der Waals surface area (Å²) in [7, 11) is 0. The van der Waals surface area contributed by atoms with Crippen LogP contribution in [0.1, 0.15) is 37.3 Å². The first-order valence-electron chi connectivity index (χ1n) is 6.86. The lowest BCUT2D eigenvalue weighted by Crippen LogP contribution is -2.08. The van der Waals surface area contributed by atoms with E-state index in [1.807, 2.05) is 0 Å². The molecule has 0 fully saturated rings. The standard InChI is InChI=1S/C18H22/c1-15(2)18(17-11-7-4-8-12-17)14-13-16-9-5-3-6-10-16/h3-12,15,18H,13-14H2,1-2H3. The van der Waals surface area contributed by atoms with Crippen LogP contribution in [-0.4, -0.2) is 0 Å². The Hall–Kier alpha value is -1.56. The molecule has 0 N–H and O–H groups in total. The fraction of sp³-hybridized carbons (Fsp3) is 0.333. The van der Waals surface area contributed by atoms with Gasteiger partial charge < -0.3 is 0 Å². The monoisotopic (exact) mass is 238 g/mol. The molecule has 18 heavy (non-hydrogen) atoms. The second-order valence-corrected chi connectivity index (χ2v) is 5.29. The van der Waals surface area contributed by atoms with E-state index in [1.54, 1.807) is 0 Å². The zero-order valence-corrected chi connectivity index (χ0v) is 11.3. The minimum Gasteiger partial charge on any atom is -0.0622 e. The van der Waals surface area contributed by atoms with Gasteiger partial charge in [-0.15, -0.1) is 0 Å². The molecule has 2 aromatic rings. The van der Waals surface area contributed by atoms with Crippen molar-refractivity contribution in [1.82, 2.24) is 0 Å². The smallest absolute Gasteiger partial charge is 0.0136 e. The fourth-order valence-electron chi connectivity index (χ4n) is 2.55. The molecule has 0 heterocycles. The number of benzene rings is 2. The molecule has 0 spiro atoms. The van der Waals surface area contributed by atoms with Crippen LogP contribution in [0.25, 0.3) is 0 Å². The Morgan fingerprint density at radius 2 is 1.33 bits per heavy atom. The van der Waals surface area contributed by atoms with E-state index in [0.29, 0.717) is 11.8 Å². The van der Waals surface area contributed by atoms with Crippen molar-refractivity contribution in [2.45, 2.75) is 32.6 Å². The molecule has 1 atom stereocenters. The van der Waals surface area contributed by atoms with E-state index in [-0.39, 0.29) is 0 Å². The maximum absolute atomic E-state index is 2.32. The average molecular weight is 238 g/mol. The molecule has 0 heteroatoms. The Bertz CT molecular complexity index is 442. The minimum absolute atomic E-state index is 0.659. The lowest BCUT2D eigenvalue weighted by atomic mass is 9.84. The summed E-state index contributed by atoms with van der Waals surface area (Å²) >= 11 is 0. The van der Waals surface area contributed by atoms with E-state index >= 15 is 0 Å². The Morgan fingerprint density at radius 3 is 1.89 bits per heavy atom. The molecule has 0 nitrogen and oxygen atoms in total.